The van der Waals surface area contributed by atoms with E-state index in [1.165, 1.54) is 29.5 Å². The molecule has 4 rings (SSSR count). The summed E-state index contributed by atoms with van der Waals surface area (Å²) in [6.07, 6.45) is 3.07. The van der Waals surface area contributed by atoms with E-state index in [-0.39, 0.29) is 23.1 Å². The molecule has 4 aromatic heterocycles. The summed E-state index contributed by atoms with van der Waals surface area (Å²) >= 11 is 1.27. The summed E-state index contributed by atoms with van der Waals surface area (Å²) in [4.78, 5) is 21.4. The second-order valence-corrected chi connectivity index (χ2v) is 12.3. The monoisotopic (exact) mass is 503 g/mol. The second kappa shape index (κ2) is 8.47. The predicted octanol–water partition coefficient (Wildman–Crippen LogP) is 2.41. The Balaban J connectivity index is 1.72. The first-order valence-corrected chi connectivity index (χ1v) is 12.6. The molecule has 0 radical (unpaired) electrons. The average molecular weight is 504 g/mol. The topological polar surface area (TPSA) is 133 Å². The Hall–Kier alpha value is -3.32. The Morgan fingerprint density at radius 2 is 2.00 bits per heavy atom. The molecule has 4 aromatic rings. The number of pyridine rings is 1. The van der Waals surface area contributed by atoms with Crippen molar-refractivity contribution >= 4 is 32.9 Å². The predicted molar refractivity (Wildman–Crippen MR) is 127 cm³/mol. The lowest BCUT2D eigenvalue weighted by atomic mass is 10.3. The number of amides is 1. The van der Waals surface area contributed by atoms with Crippen LogP contribution in [0.1, 0.15) is 42.1 Å². The minimum Gasteiger partial charge on any atom is -0.495 e. The van der Waals surface area contributed by atoms with Gasteiger partial charge in [-0.05, 0) is 45.3 Å². The van der Waals surface area contributed by atoms with Crippen molar-refractivity contribution in [3.63, 3.8) is 0 Å². The number of imidazole rings is 1. The molecule has 0 bridgehead atoms. The van der Waals surface area contributed by atoms with Gasteiger partial charge in [-0.2, -0.15) is 9.47 Å². The smallest absolute Gasteiger partial charge is 0.269 e. The molecule has 0 spiro atoms. The standard InChI is InChI=1S/C21H25N7O4S2/c1-12-24-18(26-33-12)10-23-20(29)14-7-13(25-27(14)5)15-9-22-19-8-16(32-6)17(11-28(15)19)34(30,31)21(2,3)4/h7-9,11H,10H2,1-6H3,(H,23,29). The van der Waals surface area contributed by atoms with Crippen molar-refractivity contribution in [2.24, 2.45) is 7.05 Å². The van der Waals surface area contributed by atoms with Crippen LogP contribution in [0.15, 0.2) is 29.4 Å². The fourth-order valence-electron chi connectivity index (χ4n) is 3.34. The summed E-state index contributed by atoms with van der Waals surface area (Å²) in [7, 11) is -0.632. The molecule has 0 aliphatic heterocycles. The maximum absolute atomic E-state index is 13.2. The number of carbonyl (C=O) groups excluding carboxylic acids is 1. The Labute approximate surface area is 200 Å². The van der Waals surface area contributed by atoms with Gasteiger partial charge >= 0.3 is 0 Å². The van der Waals surface area contributed by atoms with E-state index in [1.807, 2.05) is 6.92 Å². The van der Waals surface area contributed by atoms with E-state index in [1.54, 1.807) is 50.5 Å². The van der Waals surface area contributed by atoms with E-state index < -0.39 is 14.6 Å². The van der Waals surface area contributed by atoms with Crippen LogP contribution in [-0.4, -0.2) is 54.7 Å². The maximum atomic E-state index is 13.2. The molecule has 0 saturated heterocycles. The third kappa shape index (κ3) is 4.16. The van der Waals surface area contributed by atoms with E-state index >= 15 is 0 Å². The summed E-state index contributed by atoms with van der Waals surface area (Å²) in [5.74, 6) is 0.424. The minimum atomic E-state index is -3.71. The molecular formula is C21H25N7O4S2. The molecule has 1 amide bonds. The summed E-state index contributed by atoms with van der Waals surface area (Å²) in [5.41, 5.74) is 1.82. The summed E-state index contributed by atoms with van der Waals surface area (Å²) < 4.78 is 38.0. The van der Waals surface area contributed by atoms with Gasteiger partial charge in [-0.25, -0.2) is 18.4 Å². The van der Waals surface area contributed by atoms with Gasteiger partial charge in [-0.1, -0.05) is 0 Å². The molecule has 1 N–H and O–H groups in total. The van der Waals surface area contributed by atoms with Crippen molar-refractivity contribution in [1.29, 1.82) is 0 Å². The van der Waals surface area contributed by atoms with Crippen LogP contribution in [-0.2, 0) is 23.4 Å². The molecule has 0 atom stereocenters. The van der Waals surface area contributed by atoms with Gasteiger partial charge in [-0.3, -0.25) is 13.9 Å². The number of ether oxygens (including phenoxy) is 1. The minimum absolute atomic E-state index is 0.0502. The van der Waals surface area contributed by atoms with Crippen LogP contribution in [0.4, 0.5) is 0 Å². The lowest BCUT2D eigenvalue weighted by Gasteiger charge is -2.21. The molecule has 34 heavy (non-hydrogen) atoms. The van der Waals surface area contributed by atoms with E-state index in [0.717, 1.165) is 5.01 Å². The Morgan fingerprint density at radius 1 is 1.26 bits per heavy atom. The van der Waals surface area contributed by atoms with Gasteiger partial charge in [0.25, 0.3) is 5.91 Å². The Bertz CT molecular complexity index is 1490. The Morgan fingerprint density at radius 3 is 2.62 bits per heavy atom. The number of aryl methyl sites for hydroxylation is 2. The maximum Gasteiger partial charge on any atom is 0.269 e. The molecule has 11 nitrogen and oxygen atoms in total. The van der Waals surface area contributed by atoms with Crippen molar-refractivity contribution in [2.75, 3.05) is 7.11 Å². The van der Waals surface area contributed by atoms with Gasteiger partial charge in [-0.15, -0.1) is 0 Å². The summed E-state index contributed by atoms with van der Waals surface area (Å²) in [6, 6.07) is 3.20. The zero-order valence-corrected chi connectivity index (χ0v) is 21.3. The van der Waals surface area contributed by atoms with Crippen LogP contribution in [0.5, 0.6) is 5.75 Å². The third-order valence-corrected chi connectivity index (χ3v) is 8.40. The highest BCUT2D eigenvalue weighted by Crippen LogP contribution is 2.34. The van der Waals surface area contributed by atoms with Gasteiger partial charge in [0, 0.05) is 19.3 Å². The fraction of sp³-hybridized carbons (Fsp3) is 0.381. The van der Waals surface area contributed by atoms with Crippen LogP contribution in [0.2, 0.25) is 0 Å². The van der Waals surface area contributed by atoms with E-state index in [9.17, 15) is 13.2 Å². The van der Waals surface area contributed by atoms with Crippen LogP contribution in [0.25, 0.3) is 17.0 Å². The van der Waals surface area contributed by atoms with Crippen LogP contribution >= 0.6 is 11.5 Å². The van der Waals surface area contributed by atoms with E-state index in [2.05, 4.69) is 24.8 Å². The number of nitrogens with zero attached hydrogens (tertiary/aromatic N) is 6. The molecular weight excluding hydrogens is 478 g/mol. The van der Waals surface area contributed by atoms with Gasteiger partial charge in [0.15, 0.2) is 15.7 Å². The number of nitrogens with one attached hydrogen (secondary N) is 1. The van der Waals surface area contributed by atoms with Gasteiger partial charge in [0.2, 0.25) is 0 Å². The quantitative estimate of drug-likeness (QED) is 0.424. The zero-order chi connectivity index (χ0) is 24.8. The number of methoxy groups -OCH3 is 1. The van der Waals surface area contributed by atoms with Crippen LogP contribution in [0.3, 0.4) is 0 Å². The van der Waals surface area contributed by atoms with Crippen molar-refractivity contribution in [2.45, 2.75) is 43.9 Å². The van der Waals surface area contributed by atoms with Gasteiger partial charge in [0.05, 0.1) is 30.3 Å². The third-order valence-electron chi connectivity index (χ3n) is 5.24. The van der Waals surface area contributed by atoms with E-state index in [4.69, 9.17) is 4.74 Å². The number of fused-ring (bicyclic) bond motifs is 1. The molecule has 0 aliphatic rings. The molecule has 0 saturated carbocycles. The first kappa shape index (κ1) is 23.8. The summed E-state index contributed by atoms with van der Waals surface area (Å²) in [6.45, 7) is 6.94. The largest absolute Gasteiger partial charge is 0.495 e. The van der Waals surface area contributed by atoms with Crippen molar-refractivity contribution in [3.8, 4) is 17.1 Å². The Kier molecular flexibility index (Phi) is 5.94. The van der Waals surface area contributed by atoms with Gasteiger partial charge < -0.3 is 10.1 Å². The highest BCUT2D eigenvalue weighted by Gasteiger charge is 2.34. The second-order valence-electron chi connectivity index (χ2n) is 8.64. The summed E-state index contributed by atoms with van der Waals surface area (Å²) in [5, 5.41) is 8.06. The molecule has 0 unspecified atom stereocenters. The highest BCUT2D eigenvalue weighted by atomic mass is 32.2. The SMILES string of the molecule is COc1cc2ncc(-c3cc(C(=O)NCc4nsc(C)n4)n(C)n3)n2cc1S(=O)(=O)C(C)(C)C. The fourth-order valence-corrected chi connectivity index (χ4v) is 5.14. The highest BCUT2D eigenvalue weighted by molar-refractivity contribution is 7.92. The van der Waals surface area contributed by atoms with Gasteiger partial charge in [0.1, 0.15) is 32.7 Å². The first-order valence-electron chi connectivity index (χ1n) is 10.3. The number of aromatic nitrogens is 6. The van der Waals surface area contributed by atoms with E-state index in [0.29, 0.717) is 28.6 Å². The molecule has 180 valence electrons. The molecule has 4 heterocycles. The number of sulfone groups is 1. The lowest BCUT2D eigenvalue weighted by Crippen LogP contribution is -2.28. The molecule has 0 aliphatic carbocycles. The number of carbonyl (C=O) groups is 1. The molecule has 0 aromatic carbocycles. The first-order chi connectivity index (χ1) is 15.9. The van der Waals surface area contributed by atoms with Crippen LogP contribution in [0, 0.1) is 6.92 Å². The normalized spacial score (nSPS) is 12.3. The lowest BCUT2D eigenvalue weighted by molar-refractivity contribution is 0.0940. The molecule has 13 heteroatoms. The average Bonchev–Trinajstić information content (AvgIpc) is 3.47. The number of hydrogen-bond donors (Lipinski definition) is 1. The van der Waals surface area contributed by atoms with Crippen molar-refractivity contribution in [1.82, 2.24) is 33.8 Å². The number of rotatable bonds is 6. The number of hydrogen-bond acceptors (Lipinski definition) is 9. The van der Waals surface area contributed by atoms with Crippen molar-refractivity contribution < 1.29 is 17.9 Å². The van der Waals surface area contributed by atoms with Crippen LogP contribution < -0.4 is 10.1 Å². The molecule has 0 fully saturated rings. The zero-order valence-electron chi connectivity index (χ0n) is 19.6. The van der Waals surface area contributed by atoms with Crippen molar-refractivity contribution in [3.05, 3.63) is 41.1 Å².